The van der Waals surface area contributed by atoms with Crippen LogP contribution in [-0.2, 0) is 0 Å². The Morgan fingerprint density at radius 3 is 2.00 bits per heavy atom. The van der Waals surface area contributed by atoms with E-state index < -0.39 is 0 Å². The van der Waals surface area contributed by atoms with Crippen molar-refractivity contribution in [3.05, 3.63) is 0 Å². The van der Waals surface area contributed by atoms with Crippen LogP contribution in [0, 0.1) is 11.6 Å². The fraction of sp³-hybridized carbons (Fsp3) is 0. The van der Waals surface area contributed by atoms with Gasteiger partial charge in [0.15, 0.2) is 0 Å². The summed E-state index contributed by atoms with van der Waals surface area (Å²) in [5.74, 6) is 0. The Hall–Kier alpha value is -0.220. The molecule has 0 aromatic carbocycles. The molecule has 0 atom stereocenters. The van der Waals surface area contributed by atoms with Crippen LogP contribution in [0.5, 0.6) is 0 Å². The summed E-state index contributed by atoms with van der Waals surface area (Å²) < 4.78 is 10.2. The Labute approximate surface area is 28.6 Å². The molecule has 0 heterocycles. The van der Waals surface area contributed by atoms with E-state index in [0.717, 1.165) is 6.17 Å². The lowest BCUT2D eigenvalue weighted by Gasteiger charge is -1.31. The molecule has 0 aliphatic rings. The molecular formula is C2ClF. The maximum Gasteiger partial charge on any atom is 0.123 e. The minimum absolute atomic E-state index is 0.946. The van der Waals surface area contributed by atoms with E-state index in [0.29, 0.717) is 0 Å². The van der Waals surface area contributed by atoms with Gasteiger partial charge in [0.1, 0.15) is 6.17 Å². The fourth-order valence-corrected chi connectivity index (χ4v) is 0. The summed E-state index contributed by atoms with van der Waals surface area (Å²) in [6.45, 7) is 0. The molecule has 0 saturated heterocycles. The SMILES string of the molecule is FC#CCl. The van der Waals surface area contributed by atoms with Crippen LogP contribution in [0.15, 0.2) is 0 Å². The molecular weight excluding hydrogens is 78.5 g/mol. The molecule has 0 aliphatic carbocycles. The summed E-state index contributed by atoms with van der Waals surface area (Å²) in [6.07, 6.45) is 0.946. The van der Waals surface area contributed by atoms with Gasteiger partial charge in [-0.25, -0.2) is 0 Å². The third kappa shape index (κ3) is 1.78. The van der Waals surface area contributed by atoms with E-state index in [1.165, 1.54) is 5.38 Å². The molecule has 0 radical (unpaired) electrons. The van der Waals surface area contributed by atoms with E-state index >= 15 is 0 Å². The van der Waals surface area contributed by atoms with Crippen LogP contribution in [0.4, 0.5) is 4.39 Å². The van der Waals surface area contributed by atoms with E-state index in [-0.39, 0.29) is 0 Å². The van der Waals surface area contributed by atoms with Crippen molar-refractivity contribution in [2.45, 2.75) is 0 Å². The van der Waals surface area contributed by atoms with Gasteiger partial charge in [0.05, 0.1) is 0 Å². The van der Waals surface area contributed by atoms with Gasteiger partial charge in [-0.2, -0.15) is 0 Å². The van der Waals surface area contributed by atoms with E-state index in [1.54, 1.807) is 0 Å². The van der Waals surface area contributed by atoms with Crippen LogP contribution in [0.2, 0.25) is 0 Å². The molecule has 0 bridgehead atoms. The zero-order valence-corrected chi connectivity index (χ0v) is 2.51. The summed E-state index contributed by atoms with van der Waals surface area (Å²) >= 11 is 4.45. The van der Waals surface area contributed by atoms with Crippen molar-refractivity contribution in [3.63, 3.8) is 0 Å². The van der Waals surface area contributed by atoms with E-state index in [1.807, 2.05) is 0 Å². The Morgan fingerprint density at radius 2 is 2.00 bits per heavy atom. The predicted octanol–water partition coefficient (Wildman–Crippen LogP) is 1.11. The first kappa shape index (κ1) is 3.78. The molecule has 0 nitrogen and oxygen atoms in total. The van der Waals surface area contributed by atoms with Gasteiger partial charge in [0.2, 0.25) is 0 Å². The normalized spacial score (nSPS) is 3.50. The average Bonchev–Trinajstić information content (AvgIpc) is 1.37. The Bertz CT molecular complexity index is 42.8. The summed E-state index contributed by atoms with van der Waals surface area (Å²) in [5, 5.41) is 1.49. The summed E-state index contributed by atoms with van der Waals surface area (Å²) in [5.41, 5.74) is 0. The van der Waals surface area contributed by atoms with Crippen molar-refractivity contribution < 1.29 is 4.39 Å². The first-order chi connectivity index (χ1) is 1.91. The van der Waals surface area contributed by atoms with Crippen molar-refractivity contribution in [2.24, 2.45) is 0 Å². The molecule has 22 valence electrons. The van der Waals surface area contributed by atoms with Gasteiger partial charge in [-0.05, 0) is 11.6 Å². The standard InChI is InChI=1S/C2ClF/c3-1-2-4. The molecule has 0 aromatic rings. The predicted molar refractivity (Wildman–Crippen MR) is 14.7 cm³/mol. The molecule has 0 N–H and O–H groups in total. The average molecular weight is 78.5 g/mol. The number of hydrogen-bond donors (Lipinski definition) is 0. The van der Waals surface area contributed by atoms with Crippen molar-refractivity contribution in [1.82, 2.24) is 0 Å². The van der Waals surface area contributed by atoms with Gasteiger partial charge in [0, 0.05) is 5.38 Å². The summed E-state index contributed by atoms with van der Waals surface area (Å²) in [4.78, 5) is 0. The van der Waals surface area contributed by atoms with E-state index in [4.69, 9.17) is 0 Å². The monoisotopic (exact) mass is 78.0 g/mol. The third-order valence-electron chi connectivity index (χ3n) is 0.0357. The van der Waals surface area contributed by atoms with Gasteiger partial charge in [-0.15, -0.1) is 4.39 Å². The lowest BCUT2D eigenvalue weighted by atomic mass is 11.3. The molecule has 0 saturated carbocycles. The number of halogens is 2. The summed E-state index contributed by atoms with van der Waals surface area (Å²) in [7, 11) is 0. The number of rotatable bonds is 0. The molecule has 0 spiro atoms. The molecule has 0 fully saturated rings. The fourth-order valence-electron chi connectivity index (χ4n) is 0. The Balaban J connectivity index is 2.83. The van der Waals surface area contributed by atoms with E-state index in [2.05, 4.69) is 11.6 Å². The molecule has 2 heteroatoms. The zero-order chi connectivity index (χ0) is 3.41. The lowest BCUT2D eigenvalue weighted by molar-refractivity contribution is 0.775. The largest absolute Gasteiger partial charge is 0.143 e. The van der Waals surface area contributed by atoms with Gasteiger partial charge >= 0.3 is 0 Å². The second-order valence-electron chi connectivity index (χ2n) is 0.189. The first-order valence-corrected chi connectivity index (χ1v) is 1.01. The van der Waals surface area contributed by atoms with Crippen molar-refractivity contribution in [2.75, 3.05) is 0 Å². The third-order valence-corrected chi connectivity index (χ3v) is 0.107. The maximum absolute atomic E-state index is 10.2. The van der Waals surface area contributed by atoms with Gasteiger partial charge in [-0.3, -0.25) is 0 Å². The minimum Gasteiger partial charge on any atom is -0.143 e. The second kappa shape index (κ2) is 2.78. The first-order valence-electron chi connectivity index (χ1n) is 0.628. The second-order valence-corrected chi connectivity index (χ2v) is 0.378. The Kier molecular flexibility index (Phi) is 2.63. The molecule has 0 unspecified atom stereocenters. The van der Waals surface area contributed by atoms with Crippen LogP contribution < -0.4 is 0 Å². The van der Waals surface area contributed by atoms with Crippen LogP contribution >= 0.6 is 11.6 Å². The molecule has 4 heavy (non-hydrogen) atoms. The Morgan fingerprint density at radius 1 is 1.75 bits per heavy atom. The van der Waals surface area contributed by atoms with Gasteiger partial charge in [-0.1, -0.05) is 0 Å². The highest BCUT2D eigenvalue weighted by molar-refractivity contribution is 6.30. The van der Waals surface area contributed by atoms with Crippen LogP contribution in [0.1, 0.15) is 0 Å². The number of hydrogen-bond acceptors (Lipinski definition) is 0. The van der Waals surface area contributed by atoms with E-state index in [9.17, 15) is 4.39 Å². The highest BCUT2D eigenvalue weighted by Gasteiger charge is 1.36. The maximum atomic E-state index is 10.2. The molecule has 0 aromatic heterocycles. The van der Waals surface area contributed by atoms with Gasteiger partial charge in [0.25, 0.3) is 0 Å². The molecule has 0 aliphatic heterocycles. The quantitative estimate of drug-likeness (QED) is 0.381. The highest BCUT2D eigenvalue weighted by Crippen LogP contribution is 1.58. The molecule has 0 rings (SSSR count). The zero-order valence-electron chi connectivity index (χ0n) is 1.76. The topological polar surface area (TPSA) is 0 Å². The molecule has 0 amide bonds. The van der Waals surface area contributed by atoms with Gasteiger partial charge < -0.3 is 0 Å². The van der Waals surface area contributed by atoms with Crippen LogP contribution in [-0.4, -0.2) is 0 Å². The van der Waals surface area contributed by atoms with Crippen molar-refractivity contribution in [1.29, 1.82) is 0 Å². The van der Waals surface area contributed by atoms with Crippen LogP contribution in [0.3, 0.4) is 0 Å². The smallest absolute Gasteiger partial charge is 0.123 e. The minimum atomic E-state index is 0.946. The van der Waals surface area contributed by atoms with Crippen molar-refractivity contribution in [3.8, 4) is 11.6 Å². The highest BCUT2D eigenvalue weighted by atomic mass is 35.5. The summed E-state index contributed by atoms with van der Waals surface area (Å²) in [6, 6.07) is 0. The van der Waals surface area contributed by atoms with Crippen LogP contribution in [0.25, 0.3) is 0 Å². The van der Waals surface area contributed by atoms with Crippen molar-refractivity contribution >= 4 is 11.6 Å². The lowest BCUT2D eigenvalue weighted by Crippen LogP contribution is -1.16.